The maximum Gasteiger partial charge on any atom is 0.241 e. The van der Waals surface area contributed by atoms with Crippen molar-refractivity contribution in [2.75, 3.05) is 5.32 Å². The molecule has 0 fully saturated rings. The number of rotatable bonds is 5. The van der Waals surface area contributed by atoms with Crippen LogP contribution in [0.3, 0.4) is 0 Å². The Morgan fingerprint density at radius 1 is 1.24 bits per heavy atom. The van der Waals surface area contributed by atoms with Crippen molar-refractivity contribution >= 4 is 23.2 Å². The Morgan fingerprint density at radius 2 is 1.95 bits per heavy atom. The highest BCUT2D eigenvalue weighted by Crippen LogP contribution is 2.19. The molecule has 0 aliphatic carbocycles. The van der Waals surface area contributed by atoms with E-state index in [9.17, 15) is 9.18 Å². The summed E-state index contributed by atoms with van der Waals surface area (Å²) in [7, 11) is 0. The molecule has 110 valence electrons. The molecule has 0 spiro atoms. The molecule has 2 aromatic rings. The molecular weight excluding hydrogens is 291 g/mol. The van der Waals surface area contributed by atoms with E-state index in [1.54, 1.807) is 0 Å². The molecule has 1 amide bonds. The van der Waals surface area contributed by atoms with E-state index in [4.69, 9.17) is 17.3 Å². The van der Waals surface area contributed by atoms with Crippen LogP contribution in [-0.4, -0.2) is 11.9 Å². The van der Waals surface area contributed by atoms with E-state index in [-0.39, 0.29) is 10.9 Å². The lowest BCUT2D eigenvalue weighted by atomic mass is 10.1. The molecule has 0 radical (unpaired) electrons. The Hall–Kier alpha value is -1.91. The molecule has 2 rings (SSSR count). The van der Waals surface area contributed by atoms with Crippen molar-refractivity contribution in [2.45, 2.75) is 18.9 Å². The van der Waals surface area contributed by atoms with E-state index in [0.29, 0.717) is 12.1 Å². The van der Waals surface area contributed by atoms with Gasteiger partial charge in [-0.15, -0.1) is 0 Å². The van der Waals surface area contributed by atoms with Crippen LogP contribution in [0.15, 0.2) is 48.5 Å². The summed E-state index contributed by atoms with van der Waals surface area (Å²) in [6.07, 6.45) is 1.25. The highest BCUT2D eigenvalue weighted by molar-refractivity contribution is 6.31. The smallest absolute Gasteiger partial charge is 0.241 e. The molecule has 3 nitrogen and oxygen atoms in total. The predicted molar refractivity (Wildman–Crippen MR) is 82.8 cm³/mol. The number of carbonyl (C=O) groups is 1. The van der Waals surface area contributed by atoms with Gasteiger partial charge in [0.1, 0.15) is 5.82 Å². The molecule has 1 atom stereocenters. The number of carbonyl (C=O) groups excluding carboxylic acids is 1. The fourth-order valence-corrected chi connectivity index (χ4v) is 2.09. The summed E-state index contributed by atoms with van der Waals surface area (Å²) in [5, 5.41) is 2.59. The Bertz CT molecular complexity index is 619. The van der Waals surface area contributed by atoms with Gasteiger partial charge in [-0.2, -0.15) is 0 Å². The van der Waals surface area contributed by atoms with Crippen LogP contribution in [0.2, 0.25) is 5.02 Å². The number of hydrogen-bond acceptors (Lipinski definition) is 2. The molecular formula is C16H16ClFN2O. The van der Waals surface area contributed by atoms with Gasteiger partial charge in [-0.05, 0) is 36.6 Å². The van der Waals surface area contributed by atoms with Gasteiger partial charge in [-0.25, -0.2) is 4.39 Å². The van der Waals surface area contributed by atoms with Gasteiger partial charge in [0.15, 0.2) is 0 Å². The number of nitrogens with one attached hydrogen (secondary N) is 1. The quantitative estimate of drug-likeness (QED) is 0.890. The second-order valence-corrected chi connectivity index (χ2v) is 5.16. The van der Waals surface area contributed by atoms with Gasteiger partial charge in [0.2, 0.25) is 5.91 Å². The Labute approximate surface area is 127 Å². The average Bonchev–Trinajstić information content (AvgIpc) is 2.49. The fourth-order valence-electron chi connectivity index (χ4n) is 1.91. The van der Waals surface area contributed by atoms with Crippen LogP contribution in [0.25, 0.3) is 0 Å². The summed E-state index contributed by atoms with van der Waals surface area (Å²) in [6.45, 7) is 0. The van der Waals surface area contributed by atoms with Gasteiger partial charge in [-0.3, -0.25) is 4.79 Å². The van der Waals surface area contributed by atoms with Crippen LogP contribution in [0.4, 0.5) is 10.1 Å². The van der Waals surface area contributed by atoms with Gasteiger partial charge >= 0.3 is 0 Å². The van der Waals surface area contributed by atoms with Crippen LogP contribution in [0, 0.1) is 5.82 Å². The van der Waals surface area contributed by atoms with Crippen molar-refractivity contribution in [3.8, 4) is 0 Å². The minimum Gasteiger partial charge on any atom is -0.325 e. The van der Waals surface area contributed by atoms with E-state index in [1.165, 1.54) is 18.2 Å². The lowest BCUT2D eigenvalue weighted by Gasteiger charge is -2.12. The third kappa shape index (κ3) is 4.55. The van der Waals surface area contributed by atoms with Crippen LogP contribution in [0.1, 0.15) is 12.0 Å². The molecule has 0 aliphatic rings. The molecule has 5 heteroatoms. The molecule has 0 saturated heterocycles. The van der Waals surface area contributed by atoms with Gasteiger partial charge in [0, 0.05) is 5.69 Å². The number of anilines is 1. The number of nitrogens with two attached hydrogens (primary N) is 1. The van der Waals surface area contributed by atoms with Crippen molar-refractivity contribution in [2.24, 2.45) is 5.73 Å². The maximum atomic E-state index is 13.0. The highest BCUT2D eigenvalue weighted by Gasteiger charge is 2.14. The first-order valence-corrected chi connectivity index (χ1v) is 6.99. The first-order valence-electron chi connectivity index (χ1n) is 6.61. The zero-order valence-corrected chi connectivity index (χ0v) is 12.1. The molecule has 21 heavy (non-hydrogen) atoms. The van der Waals surface area contributed by atoms with Crippen LogP contribution < -0.4 is 11.1 Å². The molecule has 0 heterocycles. The van der Waals surface area contributed by atoms with Gasteiger partial charge in [-0.1, -0.05) is 41.9 Å². The summed E-state index contributed by atoms with van der Waals surface area (Å²) in [4.78, 5) is 12.0. The molecule has 0 bridgehead atoms. The van der Waals surface area contributed by atoms with Crippen molar-refractivity contribution < 1.29 is 9.18 Å². The maximum absolute atomic E-state index is 13.0. The van der Waals surface area contributed by atoms with Crippen LogP contribution in [-0.2, 0) is 11.2 Å². The lowest BCUT2D eigenvalue weighted by molar-refractivity contribution is -0.117. The Kier molecular flexibility index (Phi) is 5.31. The summed E-state index contributed by atoms with van der Waals surface area (Å²) in [5.41, 5.74) is 7.42. The van der Waals surface area contributed by atoms with E-state index in [0.717, 1.165) is 12.0 Å². The van der Waals surface area contributed by atoms with E-state index < -0.39 is 11.9 Å². The van der Waals surface area contributed by atoms with E-state index >= 15 is 0 Å². The zero-order chi connectivity index (χ0) is 15.2. The summed E-state index contributed by atoms with van der Waals surface area (Å²) in [5.74, 6) is -0.836. The Morgan fingerprint density at radius 3 is 2.62 bits per heavy atom. The fraction of sp³-hybridized carbons (Fsp3) is 0.188. The molecule has 0 aromatic heterocycles. The van der Waals surface area contributed by atoms with Crippen LogP contribution >= 0.6 is 11.6 Å². The molecule has 0 saturated carbocycles. The number of halogens is 2. The zero-order valence-electron chi connectivity index (χ0n) is 11.4. The minimum atomic E-state index is -0.631. The number of amides is 1. The standard InChI is InChI=1S/C16H16ClFN2O/c17-13-10-12(7-8-14(13)18)20-16(21)15(19)9-6-11-4-2-1-3-5-11/h1-5,7-8,10,15H,6,9,19H2,(H,20,21). The van der Waals surface area contributed by atoms with Crippen molar-refractivity contribution in [1.82, 2.24) is 0 Å². The third-order valence-electron chi connectivity index (χ3n) is 3.11. The molecule has 3 N–H and O–H groups in total. The first kappa shape index (κ1) is 15.5. The van der Waals surface area contributed by atoms with Gasteiger partial charge < -0.3 is 11.1 Å². The summed E-state index contributed by atoms with van der Waals surface area (Å²) < 4.78 is 13.0. The van der Waals surface area contributed by atoms with E-state index in [1.807, 2.05) is 30.3 Å². The highest BCUT2D eigenvalue weighted by atomic mass is 35.5. The normalized spacial score (nSPS) is 12.0. The second-order valence-electron chi connectivity index (χ2n) is 4.75. The lowest BCUT2D eigenvalue weighted by Crippen LogP contribution is -2.36. The predicted octanol–water partition coefficient (Wildman–Crippen LogP) is 3.38. The SMILES string of the molecule is NC(CCc1ccccc1)C(=O)Nc1ccc(F)c(Cl)c1. The average molecular weight is 307 g/mol. The topological polar surface area (TPSA) is 55.1 Å². The number of hydrogen-bond donors (Lipinski definition) is 2. The number of aryl methyl sites for hydroxylation is 1. The van der Waals surface area contributed by atoms with Crippen molar-refractivity contribution in [3.63, 3.8) is 0 Å². The van der Waals surface area contributed by atoms with E-state index in [2.05, 4.69) is 5.32 Å². The summed E-state index contributed by atoms with van der Waals surface area (Å²) in [6, 6.07) is 13.2. The molecule has 1 unspecified atom stereocenters. The van der Waals surface area contributed by atoms with Gasteiger partial charge in [0.05, 0.1) is 11.1 Å². The monoisotopic (exact) mass is 306 g/mol. The third-order valence-corrected chi connectivity index (χ3v) is 3.40. The largest absolute Gasteiger partial charge is 0.325 e. The van der Waals surface area contributed by atoms with Crippen molar-refractivity contribution in [3.05, 3.63) is 64.9 Å². The number of benzene rings is 2. The van der Waals surface area contributed by atoms with Crippen LogP contribution in [0.5, 0.6) is 0 Å². The summed E-state index contributed by atoms with van der Waals surface area (Å²) >= 11 is 5.66. The van der Waals surface area contributed by atoms with Crippen molar-refractivity contribution in [1.29, 1.82) is 0 Å². The van der Waals surface area contributed by atoms with Gasteiger partial charge in [0.25, 0.3) is 0 Å². The minimum absolute atomic E-state index is 0.0364. The second kappa shape index (κ2) is 7.20. The molecule has 2 aromatic carbocycles. The first-order chi connectivity index (χ1) is 10.1. The Balaban J connectivity index is 1.89. The molecule has 0 aliphatic heterocycles.